The van der Waals surface area contributed by atoms with Gasteiger partial charge in [-0.15, -0.1) is 5.10 Å². The third kappa shape index (κ3) is 4.53. The van der Waals surface area contributed by atoms with Gasteiger partial charge in [0.05, 0.1) is 11.7 Å². The van der Waals surface area contributed by atoms with Crippen molar-refractivity contribution >= 4 is 40.1 Å². The van der Waals surface area contributed by atoms with Gasteiger partial charge in [0.2, 0.25) is 0 Å². The molecule has 176 valence electrons. The van der Waals surface area contributed by atoms with Crippen LogP contribution in [0.3, 0.4) is 0 Å². The highest BCUT2D eigenvalue weighted by Gasteiger charge is 2.31. The zero-order chi connectivity index (χ0) is 23.7. The zero-order valence-electron chi connectivity index (χ0n) is 18.3. The number of fused-ring (bicyclic) bond motifs is 1. The number of aromatic carboxylic acids is 1. The topological polar surface area (TPSA) is 109 Å². The molecule has 2 aromatic carbocycles. The summed E-state index contributed by atoms with van der Waals surface area (Å²) < 4.78 is 1.62. The molecule has 0 aliphatic heterocycles. The molecule has 5 rings (SSSR count). The van der Waals surface area contributed by atoms with Crippen LogP contribution >= 0.6 is 23.2 Å². The molecule has 0 bridgehead atoms. The molecule has 2 heterocycles. The molecule has 1 unspecified atom stereocenters. The van der Waals surface area contributed by atoms with Crippen molar-refractivity contribution < 1.29 is 9.90 Å². The number of H-pyrrole nitrogens is 1. The fraction of sp³-hybridized carbons (Fsp3) is 0.333. The maximum absolute atomic E-state index is 12.3. The van der Waals surface area contributed by atoms with Crippen molar-refractivity contribution in [3.05, 3.63) is 69.6 Å². The first-order valence-corrected chi connectivity index (χ1v) is 12.1. The Morgan fingerprint density at radius 3 is 2.59 bits per heavy atom. The molecule has 10 heteroatoms. The molecule has 2 aromatic heterocycles. The van der Waals surface area contributed by atoms with E-state index in [0.29, 0.717) is 32.9 Å². The van der Waals surface area contributed by atoms with E-state index in [1.807, 2.05) is 18.2 Å². The number of benzene rings is 2. The third-order valence-corrected chi connectivity index (χ3v) is 6.95. The van der Waals surface area contributed by atoms with Crippen molar-refractivity contribution in [1.29, 1.82) is 0 Å². The number of carboxylic acid groups (broad SMARTS) is 1. The smallest absolute Gasteiger partial charge is 0.352 e. The SMILES string of the molecule is O=C(O)c1[nH]c2cc(Cl)ccc2c1C(NCC1CCCCC1)c1nnnn1-c1ccc(Cl)cc1. The standard InChI is InChI=1S/C24H24Cl2N6O2/c25-15-6-9-17(10-7-15)32-23(29-30-31-32)21(27-13-14-4-2-1-3-5-14)20-18-11-8-16(26)12-19(18)28-22(20)24(33)34/h6-12,14,21,27-28H,1-5,13H2,(H,33,34). The van der Waals surface area contributed by atoms with Crippen LogP contribution in [0.2, 0.25) is 10.0 Å². The lowest BCUT2D eigenvalue weighted by molar-refractivity contribution is 0.0689. The number of nitrogens with zero attached hydrogens (tertiary/aromatic N) is 4. The van der Waals surface area contributed by atoms with Crippen LogP contribution in [0, 0.1) is 5.92 Å². The molecule has 1 atom stereocenters. The molecular formula is C24H24Cl2N6O2. The monoisotopic (exact) mass is 498 g/mol. The number of carboxylic acids is 1. The van der Waals surface area contributed by atoms with Crippen LogP contribution in [0.25, 0.3) is 16.6 Å². The molecule has 4 aromatic rings. The van der Waals surface area contributed by atoms with E-state index in [1.165, 1.54) is 19.3 Å². The Bertz CT molecular complexity index is 1310. The fourth-order valence-electron chi connectivity index (χ4n) is 4.80. The normalized spacial score (nSPS) is 15.6. The number of nitrogens with one attached hydrogen (secondary N) is 2. The molecule has 1 aliphatic rings. The maximum atomic E-state index is 12.3. The molecule has 0 spiro atoms. The van der Waals surface area contributed by atoms with Crippen LogP contribution in [0.15, 0.2) is 42.5 Å². The molecule has 1 aliphatic carbocycles. The lowest BCUT2D eigenvalue weighted by Gasteiger charge is -2.25. The van der Waals surface area contributed by atoms with Crippen molar-refractivity contribution in [2.45, 2.75) is 38.1 Å². The molecule has 34 heavy (non-hydrogen) atoms. The highest BCUT2D eigenvalue weighted by Crippen LogP contribution is 2.34. The van der Waals surface area contributed by atoms with Crippen molar-refractivity contribution in [3.8, 4) is 5.69 Å². The minimum Gasteiger partial charge on any atom is -0.477 e. The summed E-state index contributed by atoms with van der Waals surface area (Å²) in [5.74, 6) is -0.0437. The Labute approximate surface area is 206 Å². The van der Waals surface area contributed by atoms with Crippen molar-refractivity contribution in [1.82, 2.24) is 30.5 Å². The summed E-state index contributed by atoms with van der Waals surface area (Å²) in [5.41, 5.74) is 2.05. The molecule has 1 saturated carbocycles. The average molecular weight is 499 g/mol. The largest absolute Gasteiger partial charge is 0.477 e. The molecule has 3 N–H and O–H groups in total. The van der Waals surface area contributed by atoms with Gasteiger partial charge >= 0.3 is 5.97 Å². The number of hydrogen-bond donors (Lipinski definition) is 3. The maximum Gasteiger partial charge on any atom is 0.352 e. The van der Waals surface area contributed by atoms with Crippen LogP contribution in [0.1, 0.15) is 60.0 Å². The number of hydrogen-bond acceptors (Lipinski definition) is 5. The van der Waals surface area contributed by atoms with E-state index in [9.17, 15) is 9.90 Å². The minimum absolute atomic E-state index is 0.0871. The Morgan fingerprint density at radius 2 is 1.85 bits per heavy atom. The van der Waals surface area contributed by atoms with E-state index in [-0.39, 0.29) is 5.69 Å². The van der Waals surface area contributed by atoms with Crippen LogP contribution < -0.4 is 5.32 Å². The van der Waals surface area contributed by atoms with Gasteiger partial charge in [0, 0.05) is 26.5 Å². The van der Waals surface area contributed by atoms with Gasteiger partial charge < -0.3 is 15.4 Å². The van der Waals surface area contributed by atoms with Crippen molar-refractivity contribution in [2.24, 2.45) is 5.92 Å². The molecule has 0 amide bonds. The second-order valence-electron chi connectivity index (χ2n) is 8.68. The second kappa shape index (κ2) is 9.74. The van der Waals surface area contributed by atoms with E-state index >= 15 is 0 Å². The van der Waals surface area contributed by atoms with Gasteiger partial charge in [-0.1, -0.05) is 48.5 Å². The average Bonchev–Trinajstić information content (AvgIpc) is 3.46. The van der Waals surface area contributed by atoms with Gasteiger partial charge in [0.25, 0.3) is 0 Å². The summed E-state index contributed by atoms with van der Waals surface area (Å²) in [4.78, 5) is 15.3. The number of aromatic amines is 1. The Hall–Kier alpha value is -2.94. The van der Waals surface area contributed by atoms with Crippen LogP contribution in [0.5, 0.6) is 0 Å². The van der Waals surface area contributed by atoms with E-state index in [4.69, 9.17) is 23.2 Å². The predicted molar refractivity (Wildman–Crippen MR) is 131 cm³/mol. The number of rotatable bonds is 7. The Kier molecular flexibility index (Phi) is 6.54. The first-order valence-electron chi connectivity index (χ1n) is 11.3. The molecule has 0 radical (unpaired) electrons. The van der Waals surface area contributed by atoms with Gasteiger partial charge in [-0.3, -0.25) is 0 Å². The van der Waals surface area contributed by atoms with Gasteiger partial charge in [0.1, 0.15) is 5.69 Å². The van der Waals surface area contributed by atoms with Crippen molar-refractivity contribution in [2.75, 3.05) is 6.54 Å². The van der Waals surface area contributed by atoms with Gasteiger partial charge in [-0.2, -0.15) is 4.68 Å². The first-order chi connectivity index (χ1) is 16.5. The summed E-state index contributed by atoms with van der Waals surface area (Å²) in [6, 6.07) is 11.9. The van der Waals surface area contributed by atoms with E-state index in [0.717, 1.165) is 30.5 Å². The molecule has 0 saturated heterocycles. The van der Waals surface area contributed by atoms with E-state index < -0.39 is 12.0 Å². The van der Waals surface area contributed by atoms with E-state index in [2.05, 4.69) is 25.8 Å². The lowest BCUT2D eigenvalue weighted by Crippen LogP contribution is -2.32. The van der Waals surface area contributed by atoms with Crippen LogP contribution in [0.4, 0.5) is 0 Å². The Balaban J connectivity index is 1.63. The summed E-state index contributed by atoms with van der Waals surface area (Å²) in [7, 11) is 0. The lowest BCUT2D eigenvalue weighted by atomic mass is 9.89. The summed E-state index contributed by atoms with van der Waals surface area (Å²) in [5, 5.41) is 28.0. The highest BCUT2D eigenvalue weighted by atomic mass is 35.5. The van der Waals surface area contributed by atoms with Crippen LogP contribution in [-0.4, -0.2) is 42.8 Å². The number of halogens is 2. The zero-order valence-corrected chi connectivity index (χ0v) is 19.9. The minimum atomic E-state index is -1.06. The number of tetrazole rings is 1. The third-order valence-electron chi connectivity index (χ3n) is 6.46. The summed E-state index contributed by atoms with van der Waals surface area (Å²) in [6.45, 7) is 0.734. The number of carbonyl (C=O) groups is 1. The Morgan fingerprint density at radius 1 is 1.12 bits per heavy atom. The van der Waals surface area contributed by atoms with Gasteiger partial charge in [0.15, 0.2) is 5.82 Å². The summed E-state index contributed by atoms with van der Waals surface area (Å²) >= 11 is 12.3. The predicted octanol–water partition coefficient (Wildman–Crippen LogP) is 5.41. The first kappa shape index (κ1) is 22.8. The van der Waals surface area contributed by atoms with E-state index in [1.54, 1.807) is 28.9 Å². The summed E-state index contributed by atoms with van der Waals surface area (Å²) in [6.07, 6.45) is 5.99. The molecule has 8 nitrogen and oxygen atoms in total. The quantitative estimate of drug-likeness (QED) is 0.314. The van der Waals surface area contributed by atoms with Gasteiger partial charge in [-0.05, 0) is 72.1 Å². The number of aromatic nitrogens is 5. The molecule has 1 fully saturated rings. The second-order valence-corrected chi connectivity index (χ2v) is 9.55. The highest BCUT2D eigenvalue weighted by molar-refractivity contribution is 6.31. The van der Waals surface area contributed by atoms with Crippen LogP contribution in [-0.2, 0) is 0 Å². The molecular weight excluding hydrogens is 475 g/mol. The van der Waals surface area contributed by atoms with Crippen molar-refractivity contribution in [3.63, 3.8) is 0 Å². The fourth-order valence-corrected chi connectivity index (χ4v) is 5.10. The van der Waals surface area contributed by atoms with Gasteiger partial charge in [-0.25, -0.2) is 4.79 Å².